The van der Waals surface area contributed by atoms with E-state index in [1.807, 2.05) is 13.8 Å². The summed E-state index contributed by atoms with van der Waals surface area (Å²) in [6.07, 6.45) is 0.168. The fourth-order valence-corrected chi connectivity index (χ4v) is 2.07. The van der Waals surface area contributed by atoms with Crippen molar-refractivity contribution in [1.29, 1.82) is 0 Å². The molecule has 0 aromatic heterocycles. The second kappa shape index (κ2) is 9.30. The van der Waals surface area contributed by atoms with Crippen molar-refractivity contribution in [2.75, 3.05) is 26.8 Å². The zero-order valence-corrected chi connectivity index (χ0v) is 13.9. The quantitative estimate of drug-likeness (QED) is 0.689. The molecule has 1 amide bonds. The maximum absolute atomic E-state index is 12.3. The van der Waals surface area contributed by atoms with Crippen molar-refractivity contribution >= 4 is 23.5 Å². The first-order chi connectivity index (χ1) is 10.4. The Labute approximate surface area is 136 Å². The molecule has 0 aliphatic heterocycles. The number of carbonyl (C=O) groups excluding carboxylic acids is 2. The number of methoxy groups -OCH3 is 1. The van der Waals surface area contributed by atoms with Crippen molar-refractivity contribution in [3.8, 4) is 5.75 Å². The van der Waals surface area contributed by atoms with Crippen molar-refractivity contribution in [3.05, 3.63) is 29.3 Å². The van der Waals surface area contributed by atoms with Crippen LogP contribution in [0.3, 0.4) is 0 Å². The topological polar surface area (TPSA) is 55.8 Å². The summed E-state index contributed by atoms with van der Waals surface area (Å²) in [5, 5.41) is 0.459. The van der Waals surface area contributed by atoms with Crippen LogP contribution >= 0.6 is 11.6 Å². The molecule has 0 aliphatic rings. The molecule has 0 unspecified atom stereocenters. The van der Waals surface area contributed by atoms with Crippen LogP contribution < -0.4 is 4.74 Å². The van der Waals surface area contributed by atoms with Crippen LogP contribution in [-0.2, 0) is 14.3 Å². The van der Waals surface area contributed by atoms with Crippen LogP contribution in [0.5, 0.6) is 5.75 Å². The Morgan fingerprint density at radius 2 is 1.95 bits per heavy atom. The summed E-state index contributed by atoms with van der Waals surface area (Å²) in [6.45, 7) is 4.77. The zero-order chi connectivity index (χ0) is 16.5. The average molecular weight is 328 g/mol. The minimum absolute atomic E-state index is 0.113. The number of halogens is 1. The van der Waals surface area contributed by atoms with Gasteiger partial charge in [0.15, 0.2) is 6.61 Å². The lowest BCUT2D eigenvalue weighted by atomic mass is 10.2. The SMILES string of the molecule is COC(=O)CCN(CC(C)C)C(=O)COc1ccccc1Cl. The van der Waals surface area contributed by atoms with Crippen LogP contribution in [0.25, 0.3) is 0 Å². The molecular formula is C16H22ClNO4. The van der Waals surface area contributed by atoms with Gasteiger partial charge in [-0.25, -0.2) is 0 Å². The summed E-state index contributed by atoms with van der Waals surface area (Å²) in [4.78, 5) is 25.1. The lowest BCUT2D eigenvalue weighted by molar-refractivity contribution is -0.142. The average Bonchev–Trinajstić information content (AvgIpc) is 2.49. The maximum Gasteiger partial charge on any atom is 0.307 e. The van der Waals surface area contributed by atoms with E-state index in [4.69, 9.17) is 16.3 Å². The molecule has 0 heterocycles. The lowest BCUT2D eigenvalue weighted by Gasteiger charge is -2.24. The summed E-state index contributed by atoms with van der Waals surface area (Å²) in [6, 6.07) is 6.98. The van der Waals surface area contributed by atoms with E-state index in [9.17, 15) is 9.59 Å². The summed E-state index contributed by atoms with van der Waals surface area (Å²) in [5.41, 5.74) is 0. The van der Waals surface area contributed by atoms with Gasteiger partial charge < -0.3 is 14.4 Å². The van der Waals surface area contributed by atoms with E-state index in [-0.39, 0.29) is 24.9 Å². The second-order valence-electron chi connectivity index (χ2n) is 5.28. The second-order valence-corrected chi connectivity index (χ2v) is 5.69. The Balaban J connectivity index is 2.59. The number of ether oxygens (including phenoxy) is 2. The van der Waals surface area contributed by atoms with Gasteiger partial charge in [-0.05, 0) is 18.1 Å². The van der Waals surface area contributed by atoms with Gasteiger partial charge in [0.2, 0.25) is 0 Å². The van der Waals surface area contributed by atoms with Gasteiger partial charge in [0.25, 0.3) is 5.91 Å². The molecule has 0 saturated carbocycles. The summed E-state index contributed by atoms with van der Waals surface area (Å²) in [7, 11) is 1.33. The molecule has 0 spiro atoms. The molecule has 5 nitrogen and oxygen atoms in total. The number of nitrogens with zero attached hydrogens (tertiary/aromatic N) is 1. The maximum atomic E-state index is 12.3. The fourth-order valence-electron chi connectivity index (χ4n) is 1.88. The number of rotatable bonds is 8. The van der Waals surface area contributed by atoms with Crippen LogP contribution in [0.15, 0.2) is 24.3 Å². The van der Waals surface area contributed by atoms with Crippen LogP contribution in [0.2, 0.25) is 5.02 Å². The molecule has 0 aliphatic carbocycles. The van der Waals surface area contributed by atoms with Crippen molar-refractivity contribution in [3.63, 3.8) is 0 Å². The largest absolute Gasteiger partial charge is 0.482 e. The first-order valence-corrected chi connectivity index (χ1v) is 7.53. The minimum atomic E-state index is -0.339. The van der Waals surface area contributed by atoms with Gasteiger partial charge in [-0.2, -0.15) is 0 Å². The molecule has 0 fully saturated rings. The molecule has 1 rings (SSSR count). The smallest absolute Gasteiger partial charge is 0.307 e. The van der Waals surface area contributed by atoms with E-state index < -0.39 is 0 Å². The Kier molecular flexibility index (Phi) is 7.74. The highest BCUT2D eigenvalue weighted by molar-refractivity contribution is 6.32. The van der Waals surface area contributed by atoms with E-state index in [1.165, 1.54) is 7.11 Å². The Hall–Kier alpha value is -1.75. The molecule has 1 aromatic carbocycles. The van der Waals surface area contributed by atoms with Gasteiger partial charge in [0, 0.05) is 13.1 Å². The van der Waals surface area contributed by atoms with Crippen molar-refractivity contribution in [1.82, 2.24) is 4.90 Å². The van der Waals surface area contributed by atoms with Crippen molar-refractivity contribution in [2.45, 2.75) is 20.3 Å². The van der Waals surface area contributed by atoms with Gasteiger partial charge >= 0.3 is 5.97 Å². The number of hydrogen-bond acceptors (Lipinski definition) is 4. The third kappa shape index (κ3) is 6.35. The van der Waals surface area contributed by atoms with Gasteiger partial charge in [0.05, 0.1) is 18.6 Å². The van der Waals surface area contributed by atoms with Gasteiger partial charge in [-0.15, -0.1) is 0 Å². The molecule has 22 heavy (non-hydrogen) atoms. The summed E-state index contributed by atoms with van der Waals surface area (Å²) in [5.74, 6) is 0.239. The Bertz CT molecular complexity index is 505. The molecular weight excluding hydrogens is 306 g/mol. The lowest BCUT2D eigenvalue weighted by Crippen LogP contribution is -2.39. The first kappa shape index (κ1) is 18.3. The third-order valence-electron chi connectivity index (χ3n) is 2.94. The predicted octanol–water partition coefficient (Wildman–Crippen LogP) is 2.77. The molecule has 0 N–H and O–H groups in total. The Morgan fingerprint density at radius 1 is 1.27 bits per heavy atom. The first-order valence-electron chi connectivity index (χ1n) is 7.16. The van der Waals surface area contributed by atoms with E-state index >= 15 is 0 Å². The number of esters is 1. The number of amides is 1. The molecule has 0 saturated heterocycles. The van der Waals surface area contributed by atoms with Crippen LogP contribution in [0.4, 0.5) is 0 Å². The Morgan fingerprint density at radius 3 is 2.55 bits per heavy atom. The van der Waals surface area contributed by atoms with Crippen molar-refractivity contribution < 1.29 is 19.1 Å². The van der Waals surface area contributed by atoms with Crippen LogP contribution in [-0.4, -0.2) is 43.6 Å². The molecule has 0 atom stereocenters. The van der Waals surface area contributed by atoms with Crippen LogP contribution in [0.1, 0.15) is 20.3 Å². The fraction of sp³-hybridized carbons (Fsp3) is 0.500. The van der Waals surface area contributed by atoms with Gasteiger partial charge in [-0.3, -0.25) is 9.59 Å². The predicted molar refractivity (Wildman–Crippen MR) is 85.0 cm³/mol. The van der Waals surface area contributed by atoms with E-state index in [2.05, 4.69) is 4.74 Å². The highest BCUT2D eigenvalue weighted by Crippen LogP contribution is 2.23. The highest BCUT2D eigenvalue weighted by atomic mass is 35.5. The minimum Gasteiger partial charge on any atom is -0.482 e. The summed E-state index contributed by atoms with van der Waals surface area (Å²) < 4.78 is 10.1. The van der Waals surface area contributed by atoms with E-state index in [1.54, 1.807) is 29.2 Å². The van der Waals surface area contributed by atoms with Crippen LogP contribution in [0, 0.1) is 5.92 Å². The van der Waals surface area contributed by atoms with Gasteiger partial charge in [-0.1, -0.05) is 37.6 Å². The number of carbonyl (C=O) groups is 2. The molecule has 0 radical (unpaired) electrons. The standard InChI is InChI=1S/C16H22ClNO4/c1-12(2)10-18(9-8-16(20)21-3)15(19)11-22-14-7-5-4-6-13(14)17/h4-7,12H,8-11H2,1-3H3. The summed E-state index contributed by atoms with van der Waals surface area (Å²) >= 11 is 5.98. The number of benzene rings is 1. The highest BCUT2D eigenvalue weighted by Gasteiger charge is 2.17. The molecule has 0 bridgehead atoms. The normalized spacial score (nSPS) is 10.4. The molecule has 122 valence electrons. The van der Waals surface area contributed by atoms with E-state index in [0.29, 0.717) is 29.8 Å². The monoisotopic (exact) mass is 327 g/mol. The molecule has 1 aromatic rings. The van der Waals surface area contributed by atoms with Gasteiger partial charge in [0.1, 0.15) is 5.75 Å². The number of hydrogen-bond donors (Lipinski definition) is 0. The number of para-hydroxylation sites is 1. The molecule has 6 heteroatoms. The zero-order valence-electron chi connectivity index (χ0n) is 13.2. The van der Waals surface area contributed by atoms with Crippen molar-refractivity contribution in [2.24, 2.45) is 5.92 Å². The third-order valence-corrected chi connectivity index (χ3v) is 3.25. The van der Waals surface area contributed by atoms with E-state index in [0.717, 1.165) is 0 Å².